The Morgan fingerprint density at radius 2 is 2.55 bits per heavy atom. The minimum absolute atomic E-state index is 0.104. The minimum atomic E-state index is 0.104. The molecule has 0 aromatic carbocycles. The van der Waals surface area contributed by atoms with Crippen LogP contribution >= 0.6 is 22.6 Å². The lowest BCUT2D eigenvalue weighted by molar-refractivity contribution is 0.0287. The fourth-order valence-electron chi connectivity index (χ4n) is 1.18. The first-order valence-corrected chi connectivity index (χ1v) is 4.75. The molecule has 0 saturated carbocycles. The lowest BCUT2D eigenvalue weighted by Crippen LogP contribution is -2.23. The molecule has 0 aromatic heterocycles. The smallest absolute Gasteiger partial charge is 0.0956 e. The van der Waals surface area contributed by atoms with Crippen molar-refractivity contribution in [3.8, 4) is 12.3 Å². The Kier molecular flexibility index (Phi) is 3.63. The molecule has 2 nitrogen and oxygen atoms in total. The van der Waals surface area contributed by atoms with E-state index in [0.717, 1.165) is 6.61 Å². The van der Waals surface area contributed by atoms with Gasteiger partial charge in [-0.1, -0.05) is 28.5 Å². The second-order valence-electron chi connectivity index (χ2n) is 2.54. The summed E-state index contributed by atoms with van der Waals surface area (Å²) in [4.78, 5) is 0. The quantitative estimate of drug-likeness (QED) is 0.423. The van der Waals surface area contributed by atoms with Gasteiger partial charge in [-0.2, -0.15) is 0 Å². The summed E-state index contributed by atoms with van der Waals surface area (Å²) in [7, 11) is 1.66. The number of rotatable bonds is 2. The highest BCUT2D eigenvalue weighted by Crippen LogP contribution is 2.26. The summed E-state index contributed by atoms with van der Waals surface area (Å²) in [5.74, 6) is 2.95. The van der Waals surface area contributed by atoms with Crippen molar-refractivity contribution < 1.29 is 9.47 Å². The summed E-state index contributed by atoms with van der Waals surface area (Å²) in [6.07, 6.45) is 5.46. The molecule has 1 heterocycles. The molecule has 3 atom stereocenters. The molecular formula is C8H11IO2. The maximum atomic E-state index is 5.43. The summed E-state index contributed by atoms with van der Waals surface area (Å²) < 4.78 is 10.9. The highest BCUT2D eigenvalue weighted by Gasteiger charge is 2.33. The van der Waals surface area contributed by atoms with Gasteiger partial charge in [0.15, 0.2) is 0 Å². The van der Waals surface area contributed by atoms with Gasteiger partial charge in [-0.05, 0) is 0 Å². The van der Waals surface area contributed by atoms with Gasteiger partial charge in [0, 0.05) is 7.11 Å². The molecule has 1 rings (SSSR count). The van der Waals surface area contributed by atoms with E-state index in [4.69, 9.17) is 15.9 Å². The van der Waals surface area contributed by atoms with Gasteiger partial charge in [-0.15, -0.1) is 6.42 Å². The van der Waals surface area contributed by atoms with E-state index < -0.39 is 0 Å². The minimum Gasteiger partial charge on any atom is -0.382 e. The van der Waals surface area contributed by atoms with Crippen molar-refractivity contribution in [2.24, 2.45) is 5.92 Å². The predicted molar refractivity (Wildman–Crippen MR) is 51.7 cm³/mol. The van der Waals surface area contributed by atoms with Crippen LogP contribution in [0.25, 0.3) is 0 Å². The van der Waals surface area contributed by atoms with Gasteiger partial charge in [0.25, 0.3) is 0 Å². The van der Waals surface area contributed by atoms with Crippen LogP contribution in [0.5, 0.6) is 0 Å². The number of hydrogen-bond donors (Lipinski definition) is 0. The molecule has 0 spiro atoms. The van der Waals surface area contributed by atoms with E-state index in [1.807, 2.05) is 0 Å². The first kappa shape index (κ1) is 9.30. The molecule has 1 aliphatic heterocycles. The van der Waals surface area contributed by atoms with Crippen molar-refractivity contribution in [3.63, 3.8) is 0 Å². The number of halogens is 1. The number of terminal acetylenes is 1. The van der Waals surface area contributed by atoms with Crippen molar-refractivity contribution in [1.29, 1.82) is 0 Å². The van der Waals surface area contributed by atoms with E-state index in [1.165, 1.54) is 0 Å². The van der Waals surface area contributed by atoms with E-state index in [-0.39, 0.29) is 12.0 Å². The zero-order valence-electron chi connectivity index (χ0n) is 6.42. The topological polar surface area (TPSA) is 18.5 Å². The molecule has 0 amide bonds. The van der Waals surface area contributed by atoms with Gasteiger partial charge in [-0.3, -0.25) is 0 Å². The lowest BCUT2D eigenvalue weighted by Gasteiger charge is -2.12. The van der Waals surface area contributed by atoms with E-state index in [2.05, 4.69) is 28.5 Å². The van der Waals surface area contributed by atoms with Crippen LogP contribution in [0.2, 0.25) is 0 Å². The molecule has 62 valence electrons. The van der Waals surface area contributed by atoms with Crippen LogP contribution in [-0.2, 0) is 9.47 Å². The molecule has 1 saturated heterocycles. The third-order valence-corrected chi connectivity index (χ3v) is 2.92. The molecule has 11 heavy (non-hydrogen) atoms. The number of hydrogen-bond acceptors (Lipinski definition) is 2. The first-order chi connectivity index (χ1) is 5.29. The zero-order chi connectivity index (χ0) is 8.27. The summed E-state index contributed by atoms with van der Waals surface area (Å²) in [5, 5.41) is 0. The fraction of sp³-hybridized carbons (Fsp3) is 0.750. The van der Waals surface area contributed by atoms with E-state index >= 15 is 0 Å². The van der Waals surface area contributed by atoms with Crippen LogP contribution in [0.3, 0.4) is 0 Å². The van der Waals surface area contributed by atoms with Gasteiger partial charge in [0.1, 0.15) is 0 Å². The third-order valence-electron chi connectivity index (χ3n) is 1.78. The average molecular weight is 266 g/mol. The van der Waals surface area contributed by atoms with Crippen LogP contribution in [0.1, 0.15) is 0 Å². The molecule has 0 aliphatic carbocycles. The van der Waals surface area contributed by atoms with Crippen LogP contribution in [-0.4, -0.2) is 30.4 Å². The number of methoxy groups -OCH3 is 1. The number of ether oxygens (including phenoxy) is 2. The monoisotopic (exact) mass is 266 g/mol. The van der Waals surface area contributed by atoms with Crippen molar-refractivity contribution in [3.05, 3.63) is 0 Å². The van der Waals surface area contributed by atoms with Gasteiger partial charge >= 0.3 is 0 Å². The molecule has 0 N–H and O–H groups in total. The molecule has 0 radical (unpaired) electrons. The Bertz CT molecular complexity index is 162. The Morgan fingerprint density at radius 3 is 3.09 bits per heavy atom. The molecule has 1 fully saturated rings. The molecule has 1 aliphatic rings. The van der Waals surface area contributed by atoms with Crippen molar-refractivity contribution in [2.45, 2.75) is 10.0 Å². The zero-order valence-corrected chi connectivity index (χ0v) is 8.58. The first-order valence-electron chi connectivity index (χ1n) is 3.50. The van der Waals surface area contributed by atoms with Crippen molar-refractivity contribution in [1.82, 2.24) is 0 Å². The lowest BCUT2D eigenvalue weighted by atomic mass is 10.0. The Labute approximate surface area is 80.8 Å². The largest absolute Gasteiger partial charge is 0.382 e. The summed E-state index contributed by atoms with van der Waals surface area (Å²) in [6, 6.07) is 0. The maximum absolute atomic E-state index is 5.43. The SMILES string of the molecule is C#C[C@H]1[C@H](I)CO[C@@H]1COC. The molecule has 0 unspecified atom stereocenters. The van der Waals surface area contributed by atoms with Crippen molar-refractivity contribution >= 4 is 22.6 Å². The summed E-state index contributed by atoms with van der Waals surface area (Å²) in [6.45, 7) is 1.36. The highest BCUT2D eigenvalue weighted by molar-refractivity contribution is 14.1. The Balaban J connectivity index is 2.49. The second kappa shape index (κ2) is 4.29. The molecule has 0 aromatic rings. The average Bonchev–Trinajstić information content (AvgIpc) is 2.33. The van der Waals surface area contributed by atoms with E-state index in [0.29, 0.717) is 10.5 Å². The molecule has 0 bridgehead atoms. The van der Waals surface area contributed by atoms with Crippen LogP contribution < -0.4 is 0 Å². The molecule has 3 heteroatoms. The van der Waals surface area contributed by atoms with Crippen LogP contribution in [0.15, 0.2) is 0 Å². The van der Waals surface area contributed by atoms with E-state index in [1.54, 1.807) is 7.11 Å². The third kappa shape index (κ3) is 2.08. The van der Waals surface area contributed by atoms with E-state index in [9.17, 15) is 0 Å². The van der Waals surface area contributed by atoms with Gasteiger partial charge in [0.2, 0.25) is 0 Å². The highest BCUT2D eigenvalue weighted by atomic mass is 127. The maximum Gasteiger partial charge on any atom is 0.0956 e. The fourth-order valence-corrected chi connectivity index (χ4v) is 2.06. The summed E-state index contributed by atoms with van der Waals surface area (Å²) >= 11 is 2.33. The standard InChI is InChI=1S/C8H11IO2/c1-3-6-7(9)4-11-8(6)5-10-2/h1,6-8H,4-5H2,2H3/t6-,7+,8+/m0/s1. The summed E-state index contributed by atoms with van der Waals surface area (Å²) in [5.41, 5.74) is 0. The van der Waals surface area contributed by atoms with Crippen molar-refractivity contribution in [2.75, 3.05) is 20.3 Å². The van der Waals surface area contributed by atoms with Gasteiger partial charge in [-0.25, -0.2) is 0 Å². The second-order valence-corrected chi connectivity index (χ2v) is 4.14. The van der Waals surface area contributed by atoms with Gasteiger partial charge < -0.3 is 9.47 Å². The normalized spacial score (nSPS) is 37.0. The number of alkyl halides is 1. The molecular weight excluding hydrogens is 255 g/mol. The Hall–Kier alpha value is 0.210. The van der Waals surface area contributed by atoms with Crippen LogP contribution in [0.4, 0.5) is 0 Å². The van der Waals surface area contributed by atoms with Gasteiger partial charge in [0.05, 0.1) is 29.2 Å². The predicted octanol–water partition coefficient (Wildman–Crippen LogP) is 1.08. The van der Waals surface area contributed by atoms with Crippen LogP contribution in [0, 0.1) is 18.3 Å². The Morgan fingerprint density at radius 1 is 1.82 bits per heavy atom.